The molecule has 0 saturated carbocycles. The second-order valence-electron chi connectivity index (χ2n) is 8.34. The highest BCUT2D eigenvalue weighted by Crippen LogP contribution is 2.36. The van der Waals surface area contributed by atoms with Crippen molar-refractivity contribution >= 4 is 29.1 Å². The molecule has 2 saturated heterocycles. The number of fused-ring (bicyclic) bond motifs is 1. The van der Waals surface area contributed by atoms with Crippen LogP contribution in [0.1, 0.15) is 30.9 Å². The zero-order chi connectivity index (χ0) is 23.2. The minimum Gasteiger partial charge on any atom is -0.454 e. The smallest absolute Gasteiger partial charge is 0.231 e. The molecular formula is C24H29N7O2S. The Morgan fingerprint density at radius 2 is 1.97 bits per heavy atom. The Balaban J connectivity index is 0.000000351. The molecule has 1 aromatic carbocycles. The molecule has 3 aromatic rings. The first kappa shape index (κ1) is 22.7. The quantitative estimate of drug-likeness (QED) is 0.548. The number of piperidine rings is 1. The third-order valence-electron chi connectivity index (χ3n) is 6.04. The van der Waals surface area contributed by atoms with Crippen LogP contribution in [0, 0.1) is 0 Å². The highest BCUT2D eigenvalue weighted by molar-refractivity contribution is 7.13. The summed E-state index contributed by atoms with van der Waals surface area (Å²) in [4.78, 5) is 20.1. The predicted molar refractivity (Wildman–Crippen MR) is 135 cm³/mol. The number of hydrogen-bond donors (Lipinski definition) is 2. The van der Waals surface area contributed by atoms with Crippen LogP contribution in [0.4, 0.5) is 11.1 Å². The summed E-state index contributed by atoms with van der Waals surface area (Å²) in [5.74, 6) is 2.63. The molecule has 34 heavy (non-hydrogen) atoms. The summed E-state index contributed by atoms with van der Waals surface area (Å²) in [7, 11) is 0. The Kier molecular flexibility index (Phi) is 7.28. The maximum absolute atomic E-state index is 5.49. The van der Waals surface area contributed by atoms with Crippen molar-refractivity contribution in [2.75, 3.05) is 44.5 Å². The van der Waals surface area contributed by atoms with Crippen LogP contribution in [0.2, 0.25) is 0 Å². The van der Waals surface area contributed by atoms with E-state index in [0.717, 1.165) is 72.1 Å². The number of nitrogens with one attached hydrogen (secondary N) is 2. The van der Waals surface area contributed by atoms with Gasteiger partial charge in [-0.2, -0.15) is 0 Å². The molecule has 178 valence electrons. The van der Waals surface area contributed by atoms with Crippen LogP contribution in [0.5, 0.6) is 11.5 Å². The van der Waals surface area contributed by atoms with Crippen LogP contribution >= 0.6 is 11.3 Å². The highest BCUT2D eigenvalue weighted by Gasteiger charge is 2.25. The van der Waals surface area contributed by atoms with Crippen molar-refractivity contribution in [2.24, 2.45) is 4.99 Å². The summed E-state index contributed by atoms with van der Waals surface area (Å²) in [5.41, 5.74) is 2.95. The lowest BCUT2D eigenvalue weighted by atomic mass is 9.96. The summed E-state index contributed by atoms with van der Waals surface area (Å²) in [6.45, 7) is 9.00. The molecule has 5 heterocycles. The minimum absolute atomic E-state index is 0.267. The fourth-order valence-corrected chi connectivity index (χ4v) is 4.96. The fourth-order valence-electron chi connectivity index (χ4n) is 4.26. The first-order chi connectivity index (χ1) is 16.8. The Morgan fingerprint density at radius 3 is 2.74 bits per heavy atom. The summed E-state index contributed by atoms with van der Waals surface area (Å²) in [5, 5.41) is 9.16. The first-order valence-corrected chi connectivity index (χ1v) is 12.5. The van der Waals surface area contributed by atoms with Gasteiger partial charge in [0, 0.05) is 42.8 Å². The van der Waals surface area contributed by atoms with Gasteiger partial charge in [-0.05, 0) is 63.3 Å². The number of thiazole rings is 1. The molecule has 3 aliphatic heterocycles. The van der Waals surface area contributed by atoms with Gasteiger partial charge in [0.15, 0.2) is 11.5 Å². The van der Waals surface area contributed by atoms with Crippen molar-refractivity contribution in [1.29, 1.82) is 0 Å². The van der Waals surface area contributed by atoms with Gasteiger partial charge in [-0.1, -0.05) is 0 Å². The molecule has 6 rings (SSSR count). The summed E-state index contributed by atoms with van der Waals surface area (Å²) >= 11 is 1.54. The molecule has 2 fully saturated rings. The third kappa shape index (κ3) is 5.35. The fraction of sp³-hybridized carbons (Fsp3) is 0.417. The molecule has 0 bridgehead atoms. The topological polar surface area (TPSA) is 96.8 Å². The Morgan fingerprint density at radius 1 is 1.09 bits per heavy atom. The van der Waals surface area contributed by atoms with Crippen LogP contribution in [0.15, 0.2) is 40.8 Å². The van der Waals surface area contributed by atoms with Crippen LogP contribution < -0.4 is 25.0 Å². The first-order valence-electron chi connectivity index (χ1n) is 11.6. The predicted octanol–water partition coefficient (Wildman–Crippen LogP) is 3.57. The van der Waals surface area contributed by atoms with Gasteiger partial charge in [0.05, 0.1) is 11.4 Å². The van der Waals surface area contributed by atoms with Gasteiger partial charge < -0.3 is 25.0 Å². The van der Waals surface area contributed by atoms with E-state index in [9.17, 15) is 0 Å². The van der Waals surface area contributed by atoms with E-state index >= 15 is 0 Å². The number of hydrogen-bond acceptors (Lipinski definition) is 10. The second kappa shape index (κ2) is 10.9. The van der Waals surface area contributed by atoms with Gasteiger partial charge in [-0.3, -0.25) is 0 Å². The number of ether oxygens (including phenoxy) is 2. The third-order valence-corrected chi connectivity index (χ3v) is 6.83. The molecule has 0 spiro atoms. The second-order valence-corrected chi connectivity index (χ2v) is 9.18. The normalized spacial score (nSPS) is 19.3. The van der Waals surface area contributed by atoms with Crippen LogP contribution in [-0.4, -0.2) is 61.3 Å². The molecule has 0 radical (unpaired) electrons. The number of benzene rings is 1. The Hall–Kier alpha value is -3.08. The van der Waals surface area contributed by atoms with Gasteiger partial charge >= 0.3 is 0 Å². The zero-order valence-electron chi connectivity index (χ0n) is 19.1. The molecule has 2 N–H and O–H groups in total. The van der Waals surface area contributed by atoms with Crippen molar-refractivity contribution in [3.8, 4) is 22.8 Å². The molecule has 1 unspecified atom stereocenters. The van der Waals surface area contributed by atoms with Gasteiger partial charge in [-0.15, -0.1) is 11.3 Å². The lowest BCUT2D eigenvalue weighted by molar-refractivity contribution is 0.174. The summed E-state index contributed by atoms with van der Waals surface area (Å²) in [6, 6.07) is 7.80. The van der Waals surface area contributed by atoms with Crippen LogP contribution in [0.3, 0.4) is 0 Å². The molecule has 1 atom stereocenters. The number of rotatable bonds is 4. The van der Waals surface area contributed by atoms with Crippen LogP contribution in [0.25, 0.3) is 11.3 Å². The minimum atomic E-state index is 0.267. The van der Waals surface area contributed by atoms with Gasteiger partial charge in [0.25, 0.3) is 0 Å². The van der Waals surface area contributed by atoms with Crippen LogP contribution in [-0.2, 0) is 0 Å². The molecule has 9 nitrogen and oxygen atoms in total. The monoisotopic (exact) mass is 479 g/mol. The average molecular weight is 480 g/mol. The van der Waals surface area contributed by atoms with E-state index in [-0.39, 0.29) is 6.79 Å². The maximum Gasteiger partial charge on any atom is 0.231 e. The van der Waals surface area contributed by atoms with E-state index in [4.69, 9.17) is 14.5 Å². The number of nitrogens with zero attached hydrogens (tertiary/aromatic N) is 5. The van der Waals surface area contributed by atoms with E-state index in [1.165, 1.54) is 30.8 Å². The van der Waals surface area contributed by atoms with Gasteiger partial charge in [-0.25, -0.2) is 19.9 Å². The van der Waals surface area contributed by atoms with Crippen molar-refractivity contribution < 1.29 is 9.47 Å². The van der Waals surface area contributed by atoms with E-state index in [1.807, 2.05) is 30.5 Å². The Labute approximate surface area is 203 Å². The van der Waals surface area contributed by atoms with E-state index in [2.05, 4.69) is 42.6 Å². The highest BCUT2D eigenvalue weighted by atomic mass is 32.1. The number of anilines is 1. The molecular weight excluding hydrogens is 450 g/mol. The zero-order valence-corrected chi connectivity index (χ0v) is 19.9. The maximum atomic E-state index is 5.49. The number of aliphatic imine (C=N–C) groups is 1. The Bertz CT molecular complexity index is 1110. The summed E-state index contributed by atoms with van der Waals surface area (Å²) < 4.78 is 10.9. The van der Waals surface area contributed by atoms with Crippen molar-refractivity contribution in [1.82, 2.24) is 25.6 Å². The molecule has 0 aliphatic carbocycles. The number of aromatic nitrogens is 3. The molecule has 10 heteroatoms. The van der Waals surface area contributed by atoms with Gasteiger partial charge in [0.1, 0.15) is 0 Å². The lowest BCUT2D eigenvalue weighted by Crippen LogP contribution is -2.37. The van der Waals surface area contributed by atoms with Crippen molar-refractivity contribution in [3.63, 3.8) is 0 Å². The average Bonchev–Trinajstić information content (AvgIpc) is 3.60. The largest absolute Gasteiger partial charge is 0.454 e. The van der Waals surface area contributed by atoms with E-state index < -0.39 is 0 Å². The van der Waals surface area contributed by atoms with Gasteiger partial charge in [0.2, 0.25) is 17.9 Å². The SMILES string of the molecule is C1CNCNC1.C=Nc1nc(C2CCCN(c3nccc(-c4ccc5c(c4)OCO5)n3)C2)cs1. The summed E-state index contributed by atoms with van der Waals surface area (Å²) in [6.07, 6.45) is 5.28. The lowest BCUT2D eigenvalue weighted by Gasteiger charge is -2.32. The standard InChI is InChI=1S/C20H19N5O2S.C4H10N2/c1-21-20-24-16(11-28-20)14-3-2-8-25(10-14)19-22-7-6-15(23-19)13-4-5-17-18(9-13)27-12-26-17;1-2-5-4-6-3-1/h4-7,9,11,14H,1-3,8,10,12H2;5-6H,1-4H2. The molecule has 2 aromatic heterocycles. The van der Waals surface area contributed by atoms with E-state index in [1.54, 1.807) is 0 Å². The van der Waals surface area contributed by atoms with E-state index in [0.29, 0.717) is 5.92 Å². The molecule has 0 amide bonds. The molecule has 3 aliphatic rings. The van der Waals surface area contributed by atoms with Crippen molar-refractivity contribution in [2.45, 2.75) is 25.2 Å². The van der Waals surface area contributed by atoms with Crippen molar-refractivity contribution in [3.05, 3.63) is 41.5 Å².